The van der Waals surface area contributed by atoms with Gasteiger partial charge in [0.05, 0.1) is 11.7 Å². The molecular weight excluding hydrogens is 420 g/mol. The van der Waals surface area contributed by atoms with E-state index >= 15 is 0 Å². The number of pyridine rings is 1. The number of rotatable bonds is 13. The van der Waals surface area contributed by atoms with Crippen LogP contribution >= 0.6 is 0 Å². The highest BCUT2D eigenvalue weighted by Crippen LogP contribution is 2.43. The van der Waals surface area contributed by atoms with Crippen molar-refractivity contribution >= 4 is 16.9 Å². The summed E-state index contributed by atoms with van der Waals surface area (Å²) >= 11 is 0. The van der Waals surface area contributed by atoms with Crippen LogP contribution in [0.25, 0.3) is 11.0 Å². The number of hydrogen-bond donors (Lipinski definition) is 0. The molecule has 2 aliphatic carbocycles. The largest absolute Gasteiger partial charge is 0.461 e. The number of furan rings is 1. The monoisotopic (exact) mass is 456 g/mol. The van der Waals surface area contributed by atoms with Gasteiger partial charge in [-0.05, 0) is 43.2 Å². The highest BCUT2D eigenvalue weighted by molar-refractivity contribution is 5.94. The predicted octanol–water partition coefficient (Wildman–Crippen LogP) is 4.47. The minimum Gasteiger partial charge on any atom is -0.461 e. The molecule has 0 spiro atoms. The lowest BCUT2D eigenvalue weighted by molar-refractivity contribution is -0.234. The molecule has 1 amide bonds. The smallest absolute Gasteiger partial charge is 0.259 e. The molecule has 7 nitrogen and oxygen atoms in total. The second kappa shape index (κ2) is 9.72. The fourth-order valence-corrected chi connectivity index (χ4v) is 5.47. The van der Waals surface area contributed by atoms with Gasteiger partial charge in [-0.3, -0.25) is 9.78 Å². The van der Waals surface area contributed by atoms with Gasteiger partial charge in [-0.15, -0.1) is 0 Å². The number of likely N-dealkylation sites (tertiary alicyclic amines) is 1. The van der Waals surface area contributed by atoms with Crippen LogP contribution in [0, 0.1) is 11.8 Å². The van der Waals surface area contributed by atoms with E-state index in [1.165, 1.54) is 38.5 Å². The quantitative estimate of drug-likeness (QED) is 0.327. The van der Waals surface area contributed by atoms with E-state index < -0.39 is 5.60 Å². The van der Waals surface area contributed by atoms with E-state index in [0.717, 1.165) is 53.5 Å². The summed E-state index contributed by atoms with van der Waals surface area (Å²) in [4.78, 5) is 20.0. The van der Waals surface area contributed by atoms with Crippen molar-refractivity contribution in [1.29, 1.82) is 0 Å². The van der Waals surface area contributed by atoms with Crippen molar-refractivity contribution in [2.45, 2.75) is 75.9 Å². The Labute approximate surface area is 195 Å². The number of hydrogen-bond acceptors (Lipinski definition) is 6. The molecule has 0 bridgehead atoms. The molecule has 0 radical (unpaired) electrons. The van der Waals surface area contributed by atoms with E-state index in [1.54, 1.807) is 20.4 Å². The highest BCUT2D eigenvalue weighted by Gasteiger charge is 2.62. The Balaban J connectivity index is 1.41. The maximum Gasteiger partial charge on any atom is 0.259 e. The Morgan fingerprint density at radius 2 is 1.94 bits per heavy atom. The number of methoxy groups -OCH3 is 2. The van der Waals surface area contributed by atoms with Gasteiger partial charge in [-0.2, -0.15) is 0 Å². The zero-order chi connectivity index (χ0) is 22.8. The lowest BCUT2D eigenvalue weighted by atomic mass is 9.73. The summed E-state index contributed by atoms with van der Waals surface area (Å²) in [5.74, 6) is 2.57. The number of aryl methyl sites for hydroxylation is 1. The number of ether oxygens (including phenoxy) is 3. The molecule has 3 fully saturated rings. The zero-order valence-electron chi connectivity index (χ0n) is 19.9. The van der Waals surface area contributed by atoms with Crippen molar-refractivity contribution in [2.75, 3.05) is 27.7 Å². The fraction of sp³-hybridized carbons (Fsp3) is 0.692. The molecule has 0 unspecified atom stereocenters. The normalized spacial score (nSPS) is 25.5. The first-order valence-corrected chi connectivity index (χ1v) is 12.4. The van der Waals surface area contributed by atoms with Crippen LogP contribution < -0.4 is 0 Å². The standard InChI is InChI=1S/C26H36N2O5/c1-30-16-28-24(11-9-18-4-3-5-18)26(25(28)29,32-17-31-2)15-22-21-14-20(10-8-19-6-7-19)33-23(21)12-13-27-22/h12-14,18-19,24H,3-11,15-17H2,1-2H3/t24-,26+/m0/s1. The average Bonchev–Trinajstić information content (AvgIpc) is 3.53. The Hall–Kier alpha value is -1.96. The summed E-state index contributed by atoms with van der Waals surface area (Å²) in [5, 5.41) is 0.986. The highest BCUT2D eigenvalue weighted by atomic mass is 16.7. The molecule has 2 atom stereocenters. The molecule has 5 rings (SSSR count). The predicted molar refractivity (Wildman–Crippen MR) is 124 cm³/mol. The molecule has 1 saturated heterocycles. The number of amides is 1. The van der Waals surface area contributed by atoms with Crippen molar-refractivity contribution < 1.29 is 23.4 Å². The Bertz CT molecular complexity index is 967. The van der Waals surface area contributed by atoms with Crippen molar-refractivity contribution in [1.82, 2.24) is 9.88 Å². The van der Waals surface area contributed by atoms with Crippen LogP contribution in [0.2, 0.25) is 0 Å². The van der Waals surface area contributed by atoms with Crippen molar-refractivity contribution in [3.05, 3.63) is 29.8 Å². The third kappa shape index (κ3) is 4.55. The summed E-state index contributed by atoms with van der Waals surface area (Å²) in [7, 11) is 3.22. The van der Waals surface area contributed by atoms with Crippen LogP contribution in [0.1, 0.15) is 62.8 Å². The number of carbonyl (C=O) groups is 1. The Morgan fingerprint density at radius 3 is 2.64 bits per heavy atom. The van der Waals surface area contributed by atoms with Crippen molar-refractivity contribution in [2.24, 2.45) is 11.8 Å². The molecule has 3 aliphatic rings. The summed E-state index contributed by atoms with van der Waals surface area (Å²) in [6.07, 6.45) is 12.9. The molecule has 2 saturated carbocycles. The number of β-lactam (4-membered cyclic amide) rings is 1. The second-order valence-electron chi connectivity index (χ2n) is 10.1. The third-order valence-electron chi connectivity index (χ3n) is 7.82. The molecule has 180 valence electrons. The molecule has 33 heavy (non-hydrogen) atoms. The Morgan fingerprint density at radius 1 is 1.12 bits per heavy atom. The van der Waals surface area contributed by atoms with Gasteiger partial charge >= 0.3 is 0 Å². The van der Waals surface area contributed by atoms with Crippen LogP contribution in [0.3, 0.4) is 0 Å². The van der Waals surface area contributed by atoms with Gasteiger partial charge in [0.15, 0.2) is 5.60 Å². The van der Waals surface area contributed by atoms with Crippen LogP contribution in [0.15, 0.2) is 22.7 Å². The van der Waals surface area contributed by atoms with Crippen LogP contribution in [0.5, 0.6) is 0 Å². The molecule has 3 heterocycles. The van der Waals surface area contributed by atoms with Gasteiger partial charge in [0.1, 0.15) is 24.9 Å². The van der Waals surface area contributed by atoms with Gasteiger partial charge in [-0.25, -0.2) is 0 Å². The molecule has 2 aromatic rings. The van der Waals surface area contributed by atoms with Gasteiger partial charge < -0.3 is 23.5 Å². The fourth-order valence-electron chi connectivity index (χ4n) is 5.47. The first-order chi connectivity index (χ1) is 16.1. The van der Waals surface area contributed by atoms with Crippen LogP contribution in [-0.2, 0) is 31.8 Å². The number of nitrogens with zero attached hydrogens (tertiary/aromatic N) is 2. The minimum atomic E-state index is -0.981. The first-order valence-electron chi connectivity index (χ1n) is 12.4. The minimum absolute atomic E-state index is 0.0451. The van der Waals surface area contributed by atoms with Crippen molar-refractivity contribution in [3.63, 3.8) is 0 Å². The Kier molecular flexibility index (Phi) is 6.72. The molecular formula is C26H36N2O5. The number of carbonyl (C=O) groups excluding carboxylic acids is 1. The average molecular weight is 457 g/mol. The molecule has 0 N–H and O–H groups in total. The van der Waals surface area contributed by atoms with Gasteiger partial charge in [0.25, 0.3) is 5.91 Å². The molecule has 7 heteroatoms. The maximum absolute atomic E-state index is 13.5. The molecule has 0 aromatic carbocycles. The lowest BCUT2D eigenvalue weighted by Gasteiger charge is -2.55. The maximum atomic E-state index is 13.5. The lowest BCUT2D eigenvalue weighted by Crippen LogP contribution is -2.76. The second-order valence-corrected chi connectivity index (χ2v) is 10.1. The zero-order valence-corrected chi connectivity index (χ0v) is 19.9. The summed E-state index contributed by atoms with van der Waals surface area (Å²) in [6.45, 7) is 0.349. The summed E-state index contributed by atoms with van der Waals surface area (Å²) < 4.78 is 22.9. The van der Waals surface area contributed by atoms with Crippen LogP contribution in [-0.4, -0.2) is 55.2 Å². The SMILES string of the molecule is COCO[C@@]1(Cc2nccc3oc(CCC4CC4)cc23)C(=O)N(COC)[C@H]1CCC1CCC1. The summed E-state index contributed by atoms with van der Waals surface area (Å²) in [6, 6.07) is 3.97. The van der Waals surface area contributed by atoms with Gasteiger partial charge in [-0.1, -0.05) is 32.1 Å². The van der Waals surface area contributed by atoms with E-state index in [9.17, 15) is 4.79 Å². The topological polar surface area (TPSA) is 74.0 Å². The number of aromatic nitrogens is 1. The van der Waals surface area contributed by atoms with E-state index in [-0.39, 0.29) is 25.5 Å². The molecule has 2 aromatic heterocycles. The van der Waals surface area contributed by atoms with E-state index in [0.29, 0.717) is 6.42 Å². The third-order valence-corrected chi connectivity index (χ3v) is 7.82. The van der Waals surface area contributed by atoms with Crippen molar-refractivity contribution in [3.8, 4) is 0 Å². The van der Waals surface area contributed by atoms with E-state index in [2.05, 4.69) is 11.1 Å². The van der Waals surface area contributed by atoms with Gasteiger partial charge in [0.2, 0.25) is 0 Å². The van der Waals surface area contributed by atoms with E-state index in [1.807, 2.05) is 11.0 Å². The summed E-state index contributed by atoms with van der Waals surface area (Å²) in [5.41, 5.74) is 0.702. The van der Waals surface area contributed by atoms with E-state index in [4.69, 9.17) is 18.6 Å². The first kappa shape index (κ1) is 22.8. The number of fused-ring (bicyclic) bond motifs is 1. The van der Waals surface area contributed by atoms with Gasteiger partial charge in [0, 0.05) is 38.6 Å². The molecule has 1 aliphatic heterocycles. The van der Waals surface area contributed by atoms with Crippen LogP contribution in [0.4, 0.5) is 0 Å².